The number of aromatic nitrogens is 1. The van der Waals surface area contributed by atoms with E-state index >= 15 is 0 Å². The van der Waals surface area contributed by atoms with E-state index in [-0.39, 0.29) is 11.1 Å². The first-order valence-corrected chi connectivity index (χ1v) is 11.6. The Morgan fingerprint density at radius 1 is 1.12 bits per heavy atom. The molecule has 2 aromatic rings. The Kier molecular flexibility index (Phi) is 5.64. The SMILES string of the molecule is CC(C)(C)[Si](C)(C)OC(c1ccc(C#N)cc1)c1cccc(Br)n1. The molecule has 0 spiro atoms. The van der Waals surface area contributed by atoms with E-state index in [4.69, 9.17) is 9.69 Å². The second-order valence-corrected chi connectivity index (χ2v) is 12.9. The zero-order valence-corrected chi connectivity index (χ0v) is 17.4. The summed E-state index contributed by atoms with van der Waals surface area (Å²) in [7, 11) is -1.99. The van der Waals surface area contributed by atoms with Crippen molar-refractivity contribution in [2.24, 2.45) is 0 Å². The van der Waals surface area contributed by atoms with E-state index in [0.29, 0.717) is 5.56 Å². The van der Waals surface area contributed by atoms with Crippen molar-refractivity contribution in [3.05, 3.63) is 63.9 Å². The van der Waals surface area contributed by atoms with Crippen LogP contribution >= 0.6 is 15.9 Å². The van der Waals surface area contributed by atoms with E-state index in [1.165, 1.54) is 0 Å². The highest BCUT2D eigenvalue weighted by Crippen LogP contribution is 2.41. The lowest BCUT2D eigenvalue weighted by atomic mass is 10.0. The molecule has 24 heavy (non-hydrogen) atoms. The van der Waals surface area contributed by atoms with Crippen LogP contribution in [0.1, 0.15) is 43.7 Å². The summed E-state index contributed by atoms with van der Waals surface area (Å²) in [5.74, 6) is 0. The predicted molar refractivity (Wildman–Crippen MR) is 103 cm³/mol. The third-order valence-corrected chi connectivity index (χ3v) is 9.45. The summed E-state index contributed by atoms with van der Waals surface area (Å²) < 4.78 is 7.46. The maximum atomic E-state index is 9.02. The zero-order valence-electron chi connectivity index (χ0n) is 14.8. The van der Waals surface area contributed by atoms with E-state index < -0.39 is 8.32 Å². The Morgan fingerprint density at radius 3 is 2.25 bits per heavy atom. The molecule has 0 aliphatic heterocycles. The standard InChI is InChI=1S/C19H23BrN2OSi/c1-19(2,3)24(4,5)23-18(16-7-6-8-17(20)22-16)15-11-9-14(13-21)10-12-15/h6-12,18H,1-5H3. The molecule has 0 saturated heterocycles. The number of hydrogen-bond donors (Lipinski definition) is 0. The molecular weight excluding hydrogens is 380 g/mol. The fourth-order valence-electron chi connectivity index (χ4n) is 2.07. The van der Waals surface area contributed by atoms with Crippen LogP contribution in [0.25, 0.3) is 0 Å². The largest absolute Gasteiger partial charge is 0.404 e. The summed E-state index contributed by atoms with van der Waals surface area (Å²) in [6.45, 7) is 11.2. The van der Waals surface area contributed by atoms with Crippen LogP contribution in [0, 0.1) is 11.3 Å². The second kappa shape index (κ2) is 7.18. The summed E-state index contributed by atoms with van der Waals surface area (Å²) in [5, 5.41) is 9.12. The molecule has 0 radical (unpaired) electrons. The Morgan fingerprint density at radius 2 is 1.75 bits per heavy atom. The molecule has 0 aliphatic rings. The Bertz CT molecular complexity index is 745. The summed E-state index contributed by atoms with van der Waals surface area (Å²) in [6, 6.07) is 15.6. The topological polar surface area (TPSA) is 45.9 Å². The molecule has 0 saturated carbocycles. The molecule has 0 fully saturated rings. The Hall–Kier alpha value is -1.48. The number of benzene rings is 1. The molecule has 3 nitrogen and oxygen atoms in total. The van der Waals surface area contributed by atoms with Gasteiger partial charge >= 0.3 is 0 Å². The highest BCUT2D eigenvalue weighted by atomic mass is 79.9. The van der Waals surface area contributed by atoms with E-state index in [1.807, 2.05) is 42.5 Å². The summed E-state index contributed by atoms with van der Waals surface area (Å²) in [6.07, 6.45) is -0.240. The maximum absolute atomic E-state index is 9.02. The van der Waals surface area contributed by atoms with Crippen LogP contribution in [0.4, 0.5) is 0 Å². The third kappa shape index (κ3) is 4.32. The van der Waals surface area contributed by atoms with Crippen molar-refractivity contribution in [1.29, 1.82) is 5.26 Å². The summed E-state index contributed by atoms with van der Waals surface area (Å²) in [5.41, 5.74) is 2.54. The van der Waals surface area contributed by atoms with Crippen molar-refractivity contribution >= 4 is 24.2 Å². The first kappa shape index (κ1) is 18.8. The predicted octanol–water partition coefficient (Wildman–Crippen LogP) is 5.83. The zero-order chi connectivity index (χ0) is 18.0. The van der Waals surface area contributed by atoms with Crippen LogP contribution in [0.15, 0.2) is 47.1 Å². The first-order chi connectivity index (χ1) is 11.1. The van der Waals surface area contributed by atoms with Crippen molar-refractivity contribution < 1.29 is 4.43 Å². The normalized spacial score (nSPS) is 13.4. The average Bonchev–Trinajstić information content (AvgIpc) is 2.52. The lowest BCUT2D eigenvalue weighted by molar-refractivity contribution is 0.217. The van der Waals surface area contributed by atoms with E-state index in [9.17, 15) is 0 Å². The van der Waals surface area contributed by atoms with Gasteiger partial charge in [-0.1, -0.05) is 39.0 Å². The van der Waals surface area contributed by atoms with Gasteiger partial charge in [-0.2, -0.15) is 5.26 Å². The molecular formula is C19H23BrN2OSi. The van der Waals surface area contributed by atoms with Gasteiger partial charge in [-0.05, 0) is 63.9 Å². The fraction of sp³-hybridized carbons (Fsp3) is 0.368. The molecule has 1 unspecified atom stereocenters. The number of rotatable bonds is 4. The number of nitrogens with zero attached hydrogens (tertiary/aromatic N) is 2. The third-order valence-electron chi connectivity index (χ3n) is 4.57. The van der Waals surface area contributed by atoms with Crippen molar-refractivity contribution in [3.8, 4) is 6.07 Å². The van der Waals surface area contributed by atoms with Crippen molar-refractivity contribution in [2.45, 2.75) is 45.0 Å². The smallest absolute Gasteiger partial charge is 0.193 e. The van der Waals surface area contributed by atoms with Gasteiger partial charge in [0.25, 0.3) is 0 Å². The van der Waals surface area contributed by atoms with Gasteiger partial charge in [-0.25, -0.2) is 4.98 Å². The average molecular weight is 403 g/mol. The number of pyridine rings is 1. The van der Waals surface area contributed by atoms with Gasteiger partial charge in [-0.15, -0.1) is 0 Å². The summed E-state index contributed by atoms with van der Waals surface area (Å²) >= 11 is 3.45. The highest BCUT2D eigenvalue weighted by Gasteiger charge is 2.40. The molecule has 126 valence electrons. The van der Waals surface area contributed by atoms with Crippen LogP contribution in [0.5, 0.6) is 0 Å². The van der Waals surface area contributed by atoms with Gasteiger partial charge in [-0.3, -0.25) is 0 Å². The minimum atomic E-state index is -1.99. The molecule has 0 bridgehead atoms. The monoisotopic (exact) mass is 402 g/mol. The van der Waals surface area contributed by atoms with Gasteiger partial charge in [0.2, 0.25) is 0 Å². The minimum absolute atomic E-state index is 0.101. The quantitative estimate of drug-likeness (QED) is 0.477. The van der Waals surface area contributed by atoms with Crippen LogP contribution < -0.4 is 0 Å². The molecule has 2 rings (SSSR count). The molecule has 1 aromatic heterocycles. The van der Waals surface area contributed by atoms with Crippen molar-refractivity contribution in [2.75, 3.05) is 0 Å². The molecule has 1 heterocycles. The van der Waals surface area contributed by atoms with Crippen LogP contribution in [-0.4, -0.2) is 13.3 Å². The Labute approximate surface area is 154 Å². The molecule has 0 aliphatic carbocycles. The molecule has 0 N–H and O–H groups in total. The minimum Gasteiger partial charge on any atom is -0.404 e. The van der Waals surface area contributed by atoms with Crippen molar-refractivity contribution in [3.63, 3.8) is 0 Å². The molecule has 0 amide bonds. The van der Waals surface area contributed by atoms with Crippen LogP contribution in [0.2, 0.25) is 18.1 Å². The van der Waals surface area contributed by atoms with E-state index in [2.05, 4.69) is 60.8 Å². The maximum Gasteiger partial charge on any atom is 0.193 e. The van der Waals surface area contributed by atoms with Gasteiger partial charge in [0.05, 0.1) is 17.3 Å². The second-order valence-electron chi connectivity index (χ2n) is 7.38. The van der Waals surface area contributed by atoms with E-state index in [1.54, 1.807) is 0 Å². The van der Waals surface area contributed by atoms with Crippen molar-refractivity contribution in [1.82, 2.24) is 4.98 Å². The van der Waals surface area contributed by atoms with Crippen LogP contribution in [-0.2, 0) is 4.43 Å². The van der Waals surface area contributed by atoms with Gasteiger partial charge in [0.15, 0.2) is 8.32 Å². The first-order valence-electron chi connectivity index (χ1n) is 7.94. The lowest BCUT2D eigenvalue weighted by Gasteiger charge is -2.39. The number of nitriles is 1. The van der Waals surface area contributed by atoms with Gasteiger partial charge in [0, 0.05) is 0 Å². The fourth-order valence-corrected chi connectivity index (χ4v) is 3.63. The van der Waals surface area contributed by atoms with Gasteiger partial charge in [0.1, 0.15) is 10.7 Å². The number of hydrogen-bond acceptors (Lipinski definition) is 3. The van der Waals surface area contributed by atoms with Gasteiger partial charge < -0.3 is 4.43 Å². The molecule has 1 atom stereocenters. The van der Waals surface area contributed by atoms with Crippen LogP contribution in [0.3, 0.4) is 0 Å². The molecule has 5 heteroatoms. The summed E-state index contributed by atoms with van der Waals surface area (Å²) in [4.78, 5) is 4.61. The molecule has 1 aromatic carbocycles. The van der Waals surface area contributed by atoms with E-state index in [0.717, 1.165) is 15.9 Å². The lowest BCUT2D eigenvalue weighted by Crippen LogP contribution is -2.42. The highest BCUT2D eigenvalue weighted by molar-refractivity contribution is 9.10. The Balaban J connectivity index is 2.47. The number of halogens is 1.